The van der Waals surface area contributed by atoms with Gasteiger partial charge in [0.05, 0.1) is 0 Å². The van der Waals surface area contributed by atoms with Crippen LogP contribution in [0.3, 0.4) is 0 Å². The van der Waals surface area contributed by atoms with Crippen LogP contribution >= 0.6 is 9.24 Å². The lowest BCUT2D eigenvalue weighted by Crippen LogP contribution is -2.48. The Hall–Kier alpha value is -2.30. The van der Waals surface area contributed by atoms with Crippen LogP contribution in [0.25, 0.3) is 0 Å². The van der Waals surface area contributed by atoms with Crippen LogP contribution in [0, 0.1) is 13.8 Å². The van der Waals surface area contributed by atoms with Gasteiger partial charge >= 0.3 is 0 Å². The molecule has 2 unspecified atom stereocenters. The molecule has 2 aromatic rings. The van der Waals surface area contributed by atoms with Crippen LogP contribution < -0.4 is 10.2 Å². The maximum atomic E-state index is 14.1. The second-order valence-electron chi connectivity index (χ2n) is 7.56. The van der Waals surface area contributed by atoms with Crippen molar-refractivity contribution in [1.29, 1.82) is 0 Å². The van der Waals surface area contributed by atoms with Gasteiger partial charge in [-0.1, -0.05) is 40.8 Å². The molecule has 7 heteroatoms. The van der Waals surface area contributed by atoms with E-state index in [2.05, 4.69) is 73.7 Å². The van der Waals surface area contributed by atoms with Gasteiger partial charge in [-0.15, -0.1) is 13.2 Å². The van der Waals surface area contributed by atoms with Gasteiger partial charge in [0.2, 0.25) is 0 Å². The topological polar surface area (TPSA) is 48.5 Å². The number of halogens is 1. The number of piperazine rings is 1. The third-order valence-electron chi connectivity index (χ3n) is 5.10. The Bertz CT molecular complexity index is 786. The van der Waals surface area contributed by atoms with E-state index in [4.69, 9.17) is 4.79 Å². The molecular weight excluding hydrogens is 434 g/mol. The number of pyridine rings is 1. The zero-order valence-corrected chi connectivity index (χ0v) is 22.2. The van der Waals surface area contributed by atoms with Gasteiger partial charge in [-0.05, 0) is 44.5 Å². The van der Waals surface area contributed by atoms with E-state index in [0.717, 1.165) is 50.6 Å². The minimum atomic E-state index is -1.43. The zero-order valence-electron chi connectivity index (χ0n) is 21.0. The molecule has 1 aliphatic heterocycles. The summed E-state index contributed by atoms with van der Waals surface area (Å²) in [6.07, 6.45) is 1.66. The number of anilines is 2. The van der Waals surface area contributed by atoms with E-state index in [-0.39, 0.29) is 0 Å². The zero-order chi connectivity index (χ0) is 25.4. The molecule has 1 fully saturated rings. The average molecular weight is 477 g/mol. The summed E-state index contributed by atoms with van der Waals surface area (Å²) in [5.41, 5.74) is 4.10. The van der Waals surface area contributed by atoms with Crippen LogP contribution in [0.15, 0.2) is 49.7 Å². The van der Waals surface area contributed by atoms with E-state index >= 15 is 0 Å². The third kappa shape index (κ3) is 10.4. The molecule has 0 bridgehead atoms. The molecule has 5 nitrogen and oxygen atoms in total. The number of hydrogen-bond acceptors (Lipinski definition) is 5. The van der Waals surface area contributed by atoms with E-state index in [1.54, 1.807) is 6.20 Å². The molecule has 0 saturated carbocycles. The van der Waals surface area contributed by atoms with Crippen molar-refractivity contribution in [2.75, 3.05) is 49.5 Å². The van der Waals surface area contributed by atoms with E-state index in [0.29, 0.717) is 5.56 Å². The maximum Gasteiger partial charge on any atom is 0.147 e. The standard InChI is InChI=1S/C21H30FN4P.C2H6.C2H4.CH2O/c1-16-4-6-19(7-5-16)23-8-9-25-10-12-26(13-11-25)20-17(2)14-18(15-24-20)21(3,22)27;3*1-2/h4-7,14-15,23H,8-13,27H2,1-3H3;1-2H3;1-2H2;1H2. The Morgan fingerprint density at radius 1 is 1.09 bits per heavy atom. The maximum absolute atomic E-state index is 14.1. The molecule has 1 aliphatic rings. The van der Waals surface area contributed by atoms with Gasteiger partial charge in [-0.2, -0.15) is 0 Å². The number of nitrogens with one attached hydrogen (secondary N) is 1. The minimum absolute atomic E-state index is 0.606. The highest BCUT2D eigenvalue weighted by Gasteiger charge is 2.23. The predicted octanol–water partition coefficient (Wildman–Crippen LogP) is 5.59. The molecule has 2 heterocycles. The van der Waals surface area contributed by atoms with E-state index in [1.807, 2.05) is 33.6 Å². The molecular formula is C26H42FN4OP. The highest BCUT2D eigenvalue weighted by Crippen LogP contribution is 2.34. The van der Waals surface area contributed by atoms with Crippen molar-refractivity contribution in [3.63, 3.8) is 0 Å². The second-order valence-corrected chi connectivity index (χ2v) is 8.65. The normalized spacial score (nSPS) is 14.8. The second kappa shape index (κ2) is 16.3. The number of alkyl halides is 1. The summed E-state index contributed by atoms with van der Waals surface area (Å²) >= 11 is 0. The van der Waals surface area contributed by atoms with Crippen LogP contribution in [-0.4, -0.2) is 55.9 Å². The highest BCUT2D eigenvalue weighted by molar-refractivity contribution is 7.18. The fraction of sp³-hybridized carbons (Fsp3) is 0.462. The van der Waals surface area contributed by atoms with Gasteiger partial charge in [-0.3, -0.25) is 4.90 Å². The van der Waals surface area contributed by atoms with Crippen molar-refractivity contribution in [2.45, 2.75) is 40.0 Å². The van der Waals surface area contributed by atoms with Gasteiger partial charge in [0.25, 0.3) is 0 Å². The first-order valence-electron chi connectivity index (χ1n) is 11.3. The molecule has 184 valence electrons. The number of carbonyl (C=O) groups excluding carboxylic acids is 1. The summed E-state index contributed by atoms with van der Waals surface area (Å²) in [6.45, 7) is 23.6. The Balaban J connectivity index is 0.00000158. The first-order chi connectivity index (χ1) is 15.8. The van der Waals surface area contributed by atoms with Crippen molar-refractivity contribution in [2.24, 2.45) is 0 Å². The van der Waals surface area contributed by atoms with Crippen molar-refractivity contribution < 1.29 is 9.18 Å². The van der Waals surface area contributed by atoms with Gasteiger partial charge in [0, 0.05) is 56.7 Å². The molecule has 33 heavy (non-hydrogen) atoms. The summed E-state index contributed by atoms with van der Waals surface area (Å²) in [4.78, 5) is 17.3. The summed E-state index contributed by atoms with van der Waals surface area (Å²) in [5.74, 6) is 0.977. The highest BCUT2D eigenvalue weighted by atomic mass is 31.0. The van der Waals surface area contributed by atoms with Crippen LogP contribution in [0.5, 0.6) is 0 Å². The summed E-state index contributed by atoms with van der Waals surface area (Å²) < 4.78 is 14.1. The lowest BCUT2D eigenvalue weighted by atomic mass is 10.1. The average Bonchev–Trinajstić information content (AvgIpc) is 2.84. The summed E-state index contributed by atoms with van der Waals surface area (Å²) in [7, 11) is 2.24. The molecule has 1 saturated heterocycles. The number of hydrogen-bond donors (Lipinski definition) is 1. The largest absolute Gasteiger partial charge is 0.384 e. The molecule has 0 aliphatic carbocycles. The van der Waals surface area contributed by atoms with Gasteiger partial charge in [0.1, 0.15) is 18.0 Å². The first-order valence-corrected chi connectivity index (χ1v) is 11.9. The quantitative estimate of drug-likeness (QED) is 0.435. The molecule has 0 spiro atoms. The van der Waals surface area contributed by atoms with E-state index in [9.17, 15) is 4.39 Å². The van der Waals surface area contributed by atoms with Crippen LogP contribution in [0.1, 0.15) is 37.5 Å². The Labute approximate surface area is 202 Å². The number of benzene rings is 1. The molecule has 1 aromatic heterocycles. The minimum Gasteiger partial charge on any atom is -0.384 e. The first kappa shape index (κ1) is 30.7. The van der Waals surface area contributed by atoms with Crippen LogP contribution in [0.4, 0.5) is 15.9 Å². The van der Waals surface area contributed by atoms with Crippen LogP contribution in [-0.2, 0) is 10.2 Å². The fourth-order valence-electron chi connectivity index (χ4n) is 3.38. The van der Waals surface area contributed by atoms with Crippen molar-refractivity contribution in [1.82, 2.24) is 9.88 Å². The van der Waals surface area contributed by atoms with Crippen molar-refractivity contribution in [3.05, 3.63) is 66.4 Å². The summed E-state index contributed by atoms with van der Waals surface area (Å²) in [5, 5.41) is 2.06. The smallest absolute Gasteiger partial charge is 0.147 e. The molecule has 0 amide bonds. The van der Waals surface area contributed by atoms with Gasteiger partial charge < -0.3 is 15.0 Å². The lowest BCUT2D eigenvalue weighted by molar-refractivity contribution is -0.0979. The number of aromatic nitrogens is 1. The van der Waals surface area contributed by atoms with Crippen molar-refractivity contribution in [3.8, 4) is 0 Å². The molecule has 2 atom stereocenters. The number of nitrogens with zero attached hydrogens (tertiary/aromatic N) is 3. The fourth-order valence-corrected chi connectivity index (χ4v) is 3.54. The van der Waals surface area contributed by atoms with Gasteiger partial charge in [-0.25, -0.2) is 9.37 Å². The van der Waals surface area contributed by atoms with E-state index < -0.39 is 5.41 Å². The molecule has 1 N–H and O–H groups in total. The molecule has 1 aromatic carbocycles. The van der Waals surface area contributed by atoms with E-state index in [1.165, 1.54) is 18.2 Å². The Kier molecular flexibility index (Phi) is 15.2. The summed E-state index contributed by atoms with van der Waals surface area (Å²) in [6, 6.07) is 10.4. The Morgan fingerprint density at radius 3 is 2.12 bits per heavy atom. The van der Waals surface area contributed by atoms with Gasteiger partial charge in [0.15, 0.2) is 0 Å². The number of carbonyl (C=O) groups is 1. The SMILES string of the molecule is C=C.C=O.CC.Cc1ccc(NCCN2CCN(c3ncc(C(C)(F)P)cc3C)CC2)cc1. The molecule has 3 rings (SSSR count). The van der Waals surface area contributed by atoms with Crippen molar-refractivity contribution >= 4 is 27.5 Å². The lowest BCUT2D eigenvalue weighted by Gasteiger charge is -2.36. The Morgan fingerprint density at radius 2 is 1.64 bits per heavy atom. The molecule has 0 radical (unpaired) electrons. The number of rotatable bonds is 6. The third-order valence-corrected chi connectivity index (χ3v) is 5.43. The predicted molar refractivity (Wildman–Crippen MR) is 145 cm³/mol. The number of aryl methyl sites for hydroxylation is 2. The van der Waals surface area contributed by atoms with Crippen LogP contribution in [0.2, 0.25) is 0 Å². The monoisotopic (exact) mass is 476 g/mol.